The second-order valence-electron chi connectivity index (χ2n) is 5.89. The molecule has 3 unspecified atom stereocenters. The van der Waals surface area contributed by atoms with E-state index in [0.717, 1.165) is 0 Å². The lowest BCUT2D eigenvalue weighted by Gasteiger charge is -2.43. The van der Waals surface area contributed by atoms with Gasteiger partial charge < -0.3 is 11.1 Å². The standard InChI is InChI=1S/C12H25FN4O2S/c1-16(2)20(18,19)9-3-5-17(6-4-9)12-10(13)7-15-8-11(12)14/h9-12,15H,3-8,14H2,1-2H3. The lowest BCUT2D eigenvalue weighted by Crippen LogP contribution is -2.64. The van der Waals surface area contributed by atoms with Crippen molar-refractivity contribution in [2.75, 3.05) is 40.3 Å². The van der Waals surface area contributed by atoms with Gasteiger partial charge in [-0.25, -0.2) is 17.1 Å². The molecular formula is C12H25FN4O2S. The maximum Gasteiger partial charge on any atom is 0.216 e. The molecule has 0 spiro atoms. The molecule has 0 bridgehead atoms. The SMILES string of the molecule is CN(C)S(=O)(=O)C1CCN(C2C(N)CNCC2F)CC1. The summed E-state index contributed by atoms with van der Waals surface area (Å²) in [6.07, 6.45) is 0.106. The summed E-state index contributed by atoms with van der Waals surface area (Å²) in [5, 5.41) is 2.62. The van der Waals surface area contributed by atoms with Gasteiger partial charge in [0.05, 0.1) is 11.3 Å². The monoisotopic (exact) mass is 308 g/mol. The molecule has 0 radical (unpaired) electrons. The van der Waals surface area contributed by atoms with Crippen LogP contribution in [-0.2, 0) is 10.0 Å². The summed E-state index contributed by atoms with van der Waals surface area (Å²) in [5.41, 5.74) is 6.00. The Morgan fingerprint density at radius 1 is 1.25 bits per heavy atom. The van der Waals surface area contributed by atoms with E-state index in [4.69, 9.17) is 5.73 Å². The van der Waals surface area contributed by atoms with Crippen molar-refractivity contribution in [1.82, 2.24) is 14.5 Å². The fraction of sp³-hybridized carbons (Fsp3) is 1.00. The predicted octanol–water partition coefficient (Wildman–Crippen LogP) is -1.02. The predicted molar refractivity (Wildman–Crippen MR) is 76.7 cm³/mol. The van der Waals surface area contributed by atoms with E-state index >= 15 is 0 Å². The van der Waals surface area contributed by atoms with Gasteiger partial charge in [0, 0.05) is 33.2 Å². The van der Waals surface area contributed by atoms with Gasteiger partial charge in [-0.05, 0) is 25.9 Å². The molecule has 0 amide bonds. The number of nitrogens with zero attached hydrogens (tertiary/aromatic N) is 2. The number of alkyl halides is 1. The number of nitrogens with two attached hydrogens (primary N) is 1. The van der Waals surface area contributed by atoms with Gasteiger partial charge in [0.15, 0.2) is 0 Å². The van der Waals surface area contributed by atoms with Gasteiger partial charge in [0.25, 0.3) is 0 Å². The van der Waals surface area contributed by atoms with Crippen molar-refractivity contribution in [3.05, 3.63) is 0 Å². The molecular weight excluding hydrogens is 283 g/mol. The molecule has 2 fully saturated rings. The van der Waals surface area contributed by atoms with E-state index in [0.29, 0.717) is 39.0 Å². The second kappa shape index (κ2) is 6.23. The number of rotatable bonds is 3. The van der Waals surface area contributed by atoms with Gasteiger partial charge in [0.2, 0.25) is 10.0 Å². The molecule has 2 aliphatic heterocycles. The zero-order valence-electron chi connectivity index (χ0n) is 12.1. The van der Waals surface area contributed by atoms with Crippen molar-refractivity contribution in [2.24, 2.45) is 5.73 Å². The first kappa shape index (κ1) is 16.1. The molecule has 0 aliphatic carbocycles. The van der Waals surface area contributed by atoms with Crippen LogP contribution in [0.2, 0.25) is 0 Å². The summed E-state index contributed by atoms with van der Waals surface area (Å²) in [4.78, 5) is 2.03. The largest absolute Gasteiger partial charge is 0.325 e. The fourth-order valence-corrected chi connectivity index (χ4v) is 4.57. The molecule has 0 aromatic carbocycles. The van der Waals surface area contributed by atoms with Crippen molar-refractivity contribution in [2.45, 2.75) is 36.3 Å². The van der Waals surface area contributed by atoms with Crippen LogP contribution >= 0.6 is 0 Å². The maximum atomic E-state index is 14.0. The molecule has 2 aliphatic rings. The number of sulfonamides is 1. The van der Waals surface area contributed by atoms with Crippen LogP contribution < -0.4 is 11.1 Å². The molecule has 2 saturated heterocycles. The molecule has 0 aromatic rings. The Hall–Kier alpha value is -0.280. The van der Waals surface area contributed by atoms with Crippen molar-refractivity contribution >= 4 is 10.0 Å². The number of hydrogen-bond donors (Lipinski definition) is 2. The topological polar surface area (TPSA) is 78.7 Å². The Labute approximate surface area is 120 Å². The normalized spacial score (nSPS) is 34.5. The quantitative estimate of drug-likeness (QED) is 0.698. The molecule has 3 N–H and O–H groups in total. The average molecular weight is 308 g/mol. The molecule has 8 heteroatoms. The zero-order chi connectivity index (χ0) is 14.9. The summed E-state index contributed by atoms with van der Waals surface area (Å²) < 4.78 is 39.5. The first-order chi connectivity index (χ1) is 9.34. The van der Waals surface area contributed by atoms with E-state index in [1.807, 2.05) is 4.90 Å². The second-order valence-corrected chi connectivity index (χ2v) is 8.32. The number of halogens is 1. The molecule has 2 heterocycles. The van der Waals surface area contributed by atoms with Gasteiger partial charge in [-0.3, -0.25) is 4.90 Å². The Kier molecular flexibility index (Phi) is 5.01. The van der Waals surface area contributed by atoms with Crippen molar-refractivity contribution in [3.8, 4) is 0 Å². The van der Waals surface area contributed by atoms with Gasteiger partial charge in [0.1, 0.15) is 6.17 Å². The highest BCUT2D eigenvalue weighted by Gasteiger charge is 2.39. The summed E-state index contributed by atoms with van der Waals surface area (Å²) >= 11 is 0. The van der Waals surface area contributed by atoms with Gasteiger partial charge in [-0.1, -0.05) is 0 Å². The molecule has 2 rings (SSSR count). The number of piperidine rings is 2. The van der Waals surface area contributed by atoms with Gasteiger partial charge in [-0.2, -0.15) is 0 Å². The number of nitrogens with one attached hydrogen (secondary N) is 1. The number of likely N-dealkylation sites (tertiary alicyclic amines) is 1. The molecule has 3 atom stereocenters. The molecule has 20 heavy (non-hydrogen) atoms. The van der Waals surface area contributed by atoms with Gasteiger partial charge >= 0.3 is 0 Å². The lowest BCUT2D eigenvalue weighted by molar-refractivity contribution is 0.0566. The third kappa shape index (κ3) is 3.14. The minimum absolute atomic E-state index is 0.235. The maximum absolute atomic E-state index is 14.0. The van der Waals surface area contributed by atoms with E-state index in [2.05, 4.69) is 5.32 Å². The van der Waals surface area contributed by atoms with Crippen LogP contribution in [-0.4, -0.2) is 81.4 Å². The summed E-state index contributed by atoms with van der Waals surface area (Å²) in [5.74, 6) is 0. The Balaban J connectivity index is 1.97. The molecule has 0 saturated carbocycles. The van der Waals surface area contributed by atoms with E-state index in [-0.39, 0.29) is 17.3 Å². The third-order valence-corrected chi connectivity index (χ3v) is 6.69. The smallest absolute Gasteiger partial charge is 0.216 e. The Bertz CT molecular complexity index is 413. The third-order valence-electron chi connectivity index (χ3n) is 4.36. The van der Waals surface area contributed by atoms with Crippen molar-refractivity contribution in [3.63, 3.8) is 0 Å². The lowest BCUT2D eigenvalue weighted by atomic mass is 9.95. The zero-order valence-corrected chi connectivity index (χ0v) is 12.9. The molecule has 6 nitrogen and oxygen atoms in total. The summed E-state index contributed by atoms with van der Waals surface area (Å²) in [6.45, 7) is 2.13. The summed E-state index contributed by atoms with van der Waals surface area (Å²) in [7, 11) is -0.0967. The van der Waals surface area contributed by atoms with Crippen LogP contribution in [0.3, 0.4) is 0 Å². The molecule has 118 valence electrons. The van der Waals surface area contributed by atoms with Gasteiger partial charge in [-0.15, -0.1) is 0 Å². The van der Waals surface area contributed by atoms with Crippen LogP contribution in [0.5, 0.6) is 0 Å². The van der Waals surface area contributed by atoms with Crippen LogP contribution in [0.4, 0.5) is 4.39 Å². The highest BCUT2D eigenvalue weighted by molar-refractivity contribution is 7.89. The van der Waals surface area contributed by atoms with Crippen LogP contribution in [0.25, 0.3) is 0 Å². The highest BCUT2D eigenvalue weighted by atomic mass is 32.2. The van der Waals surface area contributed by atoms with Crippen molar-refractivity contribution < 1.29 is 12.8 Å². The van der Waals surface area contributed by atoms with Crippen LogP contribution in [0, 0.1) is 0 Å². The first-order valence-electron chi connectivity index (χ1n) is 7.10. The Morgan fingerprint density at radius 2 is 1.85 bits per heavy atom. The van der Waals surface area contributed by atoms with Crippen LogP contribution in [0.15, 0.2) is 0 Å². The van der Waals surface area contributed by atoms with Crippen LogP contribution in [0.1, 0.15) is 12.8 Å². The average Bonchev–Trinajstić information content (AvgIpc) is 2.39. The summed E-state index contributed by atoms with van der Waals surface area (Å²) in [6, 6.07) is -0.528. The highest BCUT2D eigenvalue weighted by Crippen LogP contribution is 2.24. The van der Waals surface area contributed by atoms with Crippen molar-refractivity contribution in [1.29, 1.82) is 0 Å². The Morgan fingerprint density at radius 3 is 2.35 bits per heavy atom. The van der Waals surface area contributed by atoms with E-state index in [1.165, 1.54) is 4.31 Å². The van der Waals surface area contributed by atoms with E-state index < -0.39 is 16.2 Å². The minimum atomic E-state index is -3.21. The van der Waals surface area contributed by atoms with E-state index in [1.54, 1.807) is 14.1 Å². The first-order valence-corrected chi connectivity index (χ1v) is 8.60. The molecule has 0 aromatic heterocycles. The van der Waals surface area contributed by atoms with E-state index in [9.17, 15) is 12.8 Å². The minimum Gasteiger partial charge on any atom is -0.325 e. The fourth-order valence-electron chi connectivity index (χ4n) is 3.17. The number of hydrogen-bond acceptors (Lipinski definition) is 5.